The summed E-state index contributed by atoms with van der Waals surface area (Å²) in [6.45, 7) is 6.28. The fourth-order valence-electron chi connectivity index (χ4n) is 1.15. The molecule has 1 aromatic rings. The number of rotatable bonds is 4. The SMILES string of the molecule is C=Cc1cccc(OC)c1OCC. The van der Waals surface area contributed by atoms with Crippen LogP contribution in [0.25, 0.3) is 6.08 Å². The fourth-order valence-corrected chi connectivity index (χ4v) is 1.15. The van der Waals surface area contributed by atoms with Crippen LogP contribution in [-0.2, 0) is 0 Å². The Labute approximate surface area is 78.8 Å². The van der Waals surface area contributed by atoms with E-state index in [4.69, 9.17) is 9.47 Å². The molecule has 70 valence electrons. The molecule has 0 N–H and O–H groups in total. The first-order chi connectivity index (χ1) is 6.33. The van der Waals surface area contributed by atoms with E-state index >= 15 is 0 Å². The lowest BCUT2D eigenvalue weighted by Gasteiger charge is -2.11. The largest absolute Gasteiger partial charge is 0.493 e. The highest BCUT2D eigenvalue weighted by Crippen LogP contribution is 2.31. The van der Waals surface area contributed by atoms with Gasteiger partial charge in [-0.2, -0.15) is 0 Å². The predicted octanol–water partition coefficient (Wildman–Crippen LogP) is 2.74. The summed E-state index contributed by atoms with van der Waals surface area (Å²) in [5.74, 6) is 1.52. The van der Waals surface area contributed by atoms with Gasteiger partial charge in [-0.1, -0.05) is 24.8 Å². The third-order valence-corrected chi connectivity index (χ3v) is 1.74. The maximum Gasteiger partial charge on any atom is 0.168 e. The van der Waals surface area contributed by atoms with Crippen molar-refractivity contribution in [2.75, 3.05) is 13.7 Å². The molecule has 0 aromatic heterocycles. The minimum Gasteiger partial charge on any atom is -0.493 e. The molecule has 0 unspecified atom stereocenters. The molecule has 0 bridgehead atoms. The summed E-state index contributed by atoms with van der Waals surface area (Å²) in [5, 5.41) is 0. The van der Waals surface area contributed by atoms with Gasteiger partial charge in [-0.3, -0.25) is 0 Å². The molecule has 0 amide bonds. The normalized spacial score (nSPS) is 9.38. The van der Waals surface area contributed by atoms with Crippen LogP contribution in [0.4, 0.5) is 0 Å². The highest BCUT2D eigenvalue weighted by atomic mass is 16.5. The third kappa shape index (κ3) is 2.02. The maximum atomic E-state index is 5.45. The van der Waals surface area contributed by atoms with Crippen LogP contribution in [0.15, 0.2) is 24.8 Å². The van der Waals surface area contributed by atoms with Crippen LogP contribution in [0.3, 0.4) is 0 Å². The molecular weight excluding hydrogens is 164 g/mol. The summed E-state index contributed by atoms with van der Waals surface area (Å²) < 4.78 is 10.6. The lowest BCUT2D eigenvalue weighted by atomic mass is 10.2. The minimum atomic E-state index is 0.626. The Morgan fingerprint density at radius 2 is 2.23 bits per heavy atom. The van der Waals surface area contributed by atoms with E-state index in [2.05, 4.69) is 6.58 Å². The number of hydrogen-bond acceptors (Lipinski definition) is 2. The molecule has 0 aliphatic carbocycles. The van der Waals surface area contributed by atoms with Crippen molar-refractivity contribution >= 4 is 6.08 Å². The zero-order valence-electron chi connectivity index (χ0n) is 8.04. The average molecular weight is 178 g/mol. The molecule has 0 atom stereocenters. The van der Waals surface area contributed by atoms with Crippen molar-refractivity contribution in [2.24, 2.45) is 0 Å². The number of ether oxygens (including phenoxy) is 2. The van der Waals surface area contributed by atoms with Gasteiger partial charge in [-0.15, -0.1) is 0 Å². The fraction of sp³-hybridized carbons (Fsp3) is 0.273. The molecule has 0 heterocycles. The van der Waals surface area contributed by atoms with E-state index in [-0.39, 0.29) is 0 Å². The summed E-state index contributed by atoms with van der Waals surface area (Å²) in [7, 11) is 1.63. The van der Waals surface area contributed by atoms with Crippen LogP contribution in [-0.4, -0.2) is 13.7 Å². The summed E-state index contributed by atoms with van der Waals surface area (Å²) in [6.07, 6.45) is 1.76. The average Bonchev–Trinajstić information content (AvgIpc) is 2.18. The molecule has 0 aliphatic heterocycles. The van der Waals surface area contributed by atoms with E-state index in [0.29, 0.717) is 6.61 Å². The Kier molecular flexibility index (Phi) is 3.38. The molecule has 2 nitrogen and oxygen atoms in total. The van der Waals surface area contributed by atoms with Crippen LogP contribution < -0.4 is 9.47 Å². The van der Waals surface area contributed by atoms with Crippen molar-refractivity contribution in [3.05, 3.63) is 30.3 Å². The summed E-state index contributed by atoms with van der Waals surface area (Å²) in [5.41, 5.74) is 0.959. The van der Waals surface area contributed by atoms with Crippen molar-refractivity contribution in [2.45, 2.75) is 6.92 Å². The molecule has 1 aromatic carbocycles. The van der Waals surface area contributed by atoms with Gasteiger partial charge in [-0.05, 0) is 13.0 Å². The second kappa shape index (κ2) is 4.55. The Hall–Kier alpha value is -1.44. The number of para-hydroxylation sites is 1. The number of methoxy groups -OCH3 is 1. The lowest BCUT2D eigenvalue weighted by molar-refractivity contribution is 0.310. The smallest absolute Gasteiger partial charge is 0.168 e. The lowest BCUT2D eigenvalue weighted by Crippen LogP contribution is -1.97. The molecule has 0 saturated heterocycles. The standard InChI is InChI=1S/C11H14O2/c1-4-9-7-6-8-10(12-3)11(9)13-5-2/h4,6-8H,1,5H2,2-3H3. The molecule has 0 radical (unpaired) electrons. The predicted molar refractivity (Wildman–Crippen MR) is 54.3 cm³/mol. The van der Waals surface area contributed by atoms with E-state index in [1.54, 1.807) is 13.2 Å². The first-order valence-corrected chi connectivity index (χ1v) is 4.25. The van der Waals surface area contributed by atoms with Crippen molar-refractivity contribution < 1.29 is 9.47 Å². The van der Waals surface area contributed by atoms with E-state index in [0.717, 1.165) is 17.1 Å². The van der Waals surface area contributed by atoms with E-state index in [1.807, 2.05) is 25.1 Å². The van der Waals surface area contributed by atoms with Crippen LogP contribution in [0.5, 0.6) is 11.5 Å². The Morgan fingerprint density at radius 3 is 2.77 bits per heavy atom. The van der Waals surface area contributed by atoms with Gasteiger partial charge in [0.05, 0.1) is 13.7 Å². The molecule has 0 spiro atoms. The second-order valence-electron chi connectivity index (χ2n) is 2.52. The van der Waals surface area contributed by atoms with Gasteiger partial charge in [-0.25, -0.2) is 0 Å². The van der Waals surface area contributed by atoms with Crippen molar-refractivity contribution in [3.63, 3.8) is 0 Å². The van der Waals surface area contributed by atoms with Crippen LogP contribution in [0.1, 0.15) is 12.5 Å². The molecule has 2 heteroatoms. The molecular formula is C11H14O2. The molecule has 0 saturated carbocycles. The Bertz CT molecular complexity index is 292. The van der Waals surface area contributed by atoms with Crippen molar-refractivity contribution in [3.8, 4) is 11.5 Å². The van der Waals surface area contributed by atoms with Crippen LogP contribution in [0, 0.1) is 0 Å². The Balaban J connectivity index is 3.12. The molecule has 0 aliphatic rings. The topological polar surface area (TPSA) is 18.5 Å². The molecule has 1 rings (SSSR count). The van der Waals surface area contributed by atoms with Crippen molar-refractivity contribution in [1.29, 1.82) is 0 Å². The van der Waals surface area contributed by atoms with Crippen LogP contribution >= 0.6 is 0 Å². The molecule has 0 fully saturated rings. The van der Waals surface area contributed by atoms with Gasteiger partial charge >= 0.3 is 0 Å². The van der Waals surface area contributed by atoms with Gasteiger partial charge in [0, 0.05) is 5.56 Å². The quantitative estimate of drug-likeness (QED) is 0.705. The Morgan fingerprint density at radius 1 is 1.46 bits per heavy atom. The first kappa shape index (κ1) is 9.65. The zero-order valence-corrected chi connectivity index (χ0v) is 8.04. The highest BCUT2D eigenvalue weighted by Gasteiger charge is 2.06. The third-order valence-electron chi connectivity index (χ3n) is 1.74. The zero-order chi connectivity index (χ0) is 9.68. The van der Waals surface area contributed by atoms with Gasteiger partial charge in [0.2, 0.25) is 0 Å². The summed E-state index contributed by atoms with van der Waals surface area (Å²) in [6, 6.07) is 5.73. The van der Waals surface area contributed by atoms with E-state index in [9.17, 15) is 0 Å². The highest BCUT2D eigenvalue weighted by molar-refractivity contribution is 5.61. The van der Waals surface area contributed by atoms with Crippen molar-refractivity contribution in [1.82, 2.24) is 0 Å². The molecule has 13 heavy (non-hydrogen) atoms. The van der Waals surface area contributed by atoms with Crippen LogP contribution in [0.2, 0.25) is 0 Å². The monoisotopic (exact) mass is 178 g/mol. The number of benzene rings is 1. The van der Waals surface area contributed by atoms with Gasteiger partial charge in [0.25, 0.3) is 0 Å². The van der Waals surface area contributed by atoms with E-state index in [1.165, 1.54) is 0 Å². The minimum absolute atomic E-state index is 0.626. The van der Waals surface area contributed by atoms with Gasteiger partial charge < -0.3 is 9.47 Å². The second-order valence-corrected chi connectivity index (χ2v) is 2.52. The van der Waals surface area contributed by atoms with E-state index < -0.39 is 0 Å². The van der Waals surface area contributed by atoms with Gasteiger partial charge in [0.1, 0.15) is 0 Å². The summed E-state index contributed by atoms with van der Waals surface area (Å²) in [4.78, 5) is 0. The maximum absolute atomic E-state index is 5.45. The van der Waals surface area contributed by atoms with Gasteiger partial charge in [0.15, 0.2) is 11.5 Å². The first-order valence-electron chi connectivity index (χ1n) is 4.25. The number of hydrogen-bond donors (Lipinski definition) is 0. The summed E-state index contributed by atoms with van der Waals surface area (Å²) >= 11 is 0.